The van der Waals surface area contributed by atoms with Crippen molar-refractivity contribution in [2.24, 2.45) is 7.05 Å². The van der Waals surface area contributed by atoms with Gasteiger partial charge in [0.25, 0.3) is 0 Å². The van der Waals surface area contributed by atoms with Crippen molar-refractivity contribution in [3.63, 3.8) is 0 Å². The Kier molecular flexibility index (Phi) is 6.27. The van der Waals surface area contributed by atoms with Crippen molar-refractivity contribution in [1.29, 1.82) is 0 Å². The Hall–Kier alpha value is -1.82. The highest BCUT2D eigenvalue weighted by molar-refractivity contribution is 7.99. The number of amides is 1. The minimum atomic E-state index is 0.129. The second-order valence-corrected chi connectivity index (χ2v) is 7.99. The lowest BCUT2D eigenvalue weighted by Crippen LogP contribution is -2.31. The van der Waals surface area contributed by atoms with Gasteiger partial charge < -0.3 is 9.47 Å². The zero-order valence-electron chi connectivity index (χ0n) is 16.0. The molecule has 0 fully saturated rings. The molecule has 0 atom stereocenters. The first-order valence-electron chi connectivity index (χ1n) is 8.68. The van der Waals surface area contributed by atoms with Crippen LogP contribution in [0.4, 0.5) is 0 Å². The van der Waals surface area contributed by atoms with E-state index in [1.54, 1.807) is 0 Å². The van der Waals surface area contributed by atoms with Crippen LogP contribution in [0.1, 0.15) is 40.2 Å². The molecule has 5 nitrogen and oxygen atoms in total. The number of hydrogen-bond acceptors (Lipinski definition) is 4. The number of rotatable bonds is 6. The lowest BCUT2D eigenvalue weighted by Gasteiger charge is -2.19. The number of thioether (sulfide) groups is 1. The van der Waals surface area contributed by atoms with Crippen molar-refractivity contribution < 1.29 is 4.79 Å². The third-order valence-corrected chi connectivity index (χ3v) is 5.29. The third-order valence-electron chi connectivity index (χ3n) is 4.28. The standard InChI is InChI=1S/C19H28N4OS/c1-7-23(8-2)16(24)13-25-18-21-20-17(22(18)6)14-9-11-15(12-10-14)19(3,4)5/h9-12H,7-8,13H2,1-6H3. The number of nitrogens with zero attached hydrogens (tertiary/aromatic N) is 4. The second-order valence-electron chi connectivity index (χ2n) is 7.05. The van der Waals surface area contributed by atoms with E-state index in [1.807, 2.05) is 30.4 Å². The predicted molar refractivity (Wildman–Crippen MR) is 104 cm³/mol. The molecular formula is C19H28N4OS. The van der Waals surface area contributed by atoms with Gasteiger partial charge in [0.15, 0.2) is 11.0 Å². The van der Waals surface area contributed by atoms with Gasteiger partial charge in [-0.05, 0) is 24.8 Å². The molecule has 2 aromatic rings. The molecule has 0 saturated heterocycles. The summed E-state index contributed by atoms with van der Waals surface area (Å²) in [5.41, 5.74) is 2.45. The number of carbonyl (C=O) groups excluding carboxylic acids is 1. The molecule has 0 saturated carbocycles. The van der Waals surface area contributed by atoms with Gasteiger partial charge in [-0.3, -0.25) is 4.79 Å². The zero-order valence-corrected chi connectivity index (χ0v) is 16.9. The van der Waals surface area contributed by atoms with Crippen molar-refractivity contribution in [3.05, 3.63) is 29.8 Å². The molecule has 1 amide bonds. The molecule has 0 radical (unpaired) electrons. The van der Waals surface area contributed by atoms with Crippen LogP contribution in [0.25, 0.3) is 11.4 Å². The molecule has 2 rings (SSSR count). The van der Waals surface area contributed by atoms with Crippen molar-refractivity contribution >= 4 is 17.7 Å². The fraction of sp³-hybridized carbons (Fsp3) is 0.526. The Bertz CT molecular complexity index is 712. The van der Waals surface area contributed by atoms with Gasteiger partial charge in [0.1, 0.15) is 0 Å². The maximum Gasteiger partial charge on any atom is 0.233 e. The molecule has 6 heteroatoms. The summed E-state index contributed by atoms with van der Waals surface area (Å²) in [4.78, 5) is 14.0. The Morgan fingerprint density at radius 2 is 1.72 bits per heavy atom. The van der Waals surface area contributed by atoms with Crippen LogP contribution < -0.4 is 0 Å². The summed E-state index contributed by atoms with van der Waals surface area (Å²) in [5, 5.41) is 9.32. The molecule has 0 aliphatic carbocycles. The van der Waals surface area contributed by atoms with E-state index in [-0.39, 0.29) is 11.3 Å². The molecule has 0 aliphatic rings. The molecule has 0 aliphatic heterocycles. The predicted octanol–water partition coefficient (Wildman–Crippen LogP) is 3.74. The van der Waals surface area contributed by atoms with E-state index in [0.717, 1.165) is 29.6 Å². The summed E-state index contributed by atoms with van der Waals surface area (Å²) in [6.07, 6.45) is 0. The maximum atomic E-state index is 12.1. The van der Waals surface area contributed by atoms with Crippen LogP contribution in [0, 0.1) is 0 Å². The molecule has 0 bridgehead atoms. The summed E-state index contributed by atoms with van der Waals surface area (Å²) in [6.45, 7) is 12.1. The molecule has 136 valence electrons. The van der Waals surface area contributed by atoms with Crippen LogP contribution in [0.2, 0.25) is 0 Å². The fourth-order valence-corrected chi connectivity index (χ4v) is 3.42. The average Bonchev–Trinajstić information content (AvgIpc) is 2.94. The lowest BCUT2D eigenvalue weighted by atomic mass is 9.87. The molecule has 1 aromatic carbocycles. The maximum absolute atomic E-state index is 12.1. The van der Waals surface area contributed by atoms with Crippen molar-refractivity contribution in [2.75, 3.05) is 18.8 Å². The van der Waals surface area contributed by atoms with Crippen LogP contribution in [-0.2, 0) is 17.3 Å². The van der Waals surface area contributed by atoms with E-state index >= 15 is 0 Å². The van der Waals surface area contributed by atoms with Gasteiger partial charge in [-0.15, -0.1) is 10.2 Å². The smallest absolute Gasteiger partial charge is 0.233 e. The first-order chi connectivity index (χ1) is 11.8. The topological polar surface area (TPSA) is 51.0 Å². The van der Waals surface area contributed by atoms with E-state index in [2.05, 4.69) is 55.2 Å². The van der Waals surface area contributed by atoms with Crippen LogP contribution in [0.15, 0.2) is 29.4 Å². The normalized spacial score (nSPS) is 11.6. The first-order valence-corrected chi connectivity index (χ1v) is 9.67. The summed E-state index contributed by atoms with van der Waals surface area (Å²) >= 11 is 1.44. The summed E-state index contributed by atoms with van der Waals surface area (Å²) in [7, 11) is 1.94. The van der Waals surface area contributed by atoms with Gasteiger partial charge in [-0.25, -0.2) is 0 Å². The molecule has 0 spiro atoms. The Labute approximate surface area is 154 Å². The van der Waals surface area contributed by atoms with E-state index < -0.39 is 0 Å². The van der Waals surface area contributed by atoms with Crippen LogP contribution in [0.3, 0.4) is 0 Å². The zero-order chi connectivity index (χ0) is 18.6. The highest BCUT2D eigenvalue weighted by Gasteiger charge is 2.17. The van der Waals surface area contributed by atoms with E-state index in [9.17, 15) is 4.79 Å². The SMILES string of the molecule is CCN(CC)C(=O)CSc1nnc(-c2ccc(C(C)(C)C)cc2)n1C. The van der Waals surface area contributed by atoms with Crippen LogP contribution in [-0.4, -0.2) is 44.4 Å². The Balaban J connectivity index is 2.12. The Morgan fingerprint density at radius 1 is 1.12 bits per heavy atom. The van der Waals surface area contributed by atoms with E-state index in [0.29, 0.717) is 5.75 Å². The highest BCUT2D eigenvalue weighted by Crippen LogP contribution is 2.27. The van der Waals surface area contributed by atoms with Gasteiger partial charge in [-0.1, -0.05) is 56.8 Å². The molecule has 0 unspecified atom stereocenters. The second kappa shape index (κ2) is 8.04. The summed E-state index contributed by atoms with van der Waals surface area (Å²) in [6, 6.07) is 8.45. The third kappa shape index (κ3) is 4.63. The average molecular weight is 361 g/mol. The van der Waals surface area contributed by atoms with Crippen LogP contribution in [0.5, 0.6) is 0 Å². The molecule has 25 heavy (non-hydrogen) atoms. The van der Waals surface area contributed by atoms with E-state index in [4.69, 9.17) is 0 Å². The first kappa shape index (κ1) is 19.5. The fourth-order valence-electron chi connectivity index (χ4n) is 2.61. The van der Waals surface area contributed by atoms with Gasteiger partial charge in [0.2, 0.25) is 5.91 Å². The van der Waals surface area contributed by atoms with Gasteiger partial charge in [0, 0.05) is 25.7 Å². The van der Waals surface area contributed by atoms with Gasteiger partial charge in [0.05, 0.1) is 5.75 Å². The minimum absolute atomic E-state index is 0.129. The quantitative estimate of drug-likeness (QED) is 0.737. The highest BCUT2D eigenvalue weighted by atomic mass is 32.2. The van der Waals surface area contributed by atoms with E-state index in [1.165, 1.54) is 17.3 Å². The van der Waals surface area contributed by atoms with Gasteiger partial charge >= 0.3 is 0 Å². The largest absolute Gasteiger partial charge is 0.343 e. The summed E-state index contributed by atoms with van der Waals surface area (Å²) < 4.78 is 1.95. The lowest BCUT2D eigenvalue weighted by molar-refractivity contribution is -0.127. The number of benzene rings is 1. The van der Waals surface area contributed by atoms with Crippen molar-refractivity contribution in [3.8, 4) is 11.4 Å². The van der Waals surface area contributed by atoms with Crippen LogP contribution >= 0.6 is 11.8 Å². The number of carbonyl (C=O) groups is 1. The molecule has 0 N–H and O–H groups in total. The molecule has 1 aromatic heterocycles. The monoisotopic (exact) mass is 360 g/mol. The number of aromatic nitrogens is 3. The Morgan fingerprint density at radius 3 is 2.24 bits per heavy atom. The summed E-state index contributed by atoms with van der Waals surface area (Å²) in [5.74, 6) is 1.34. The molecular weight excluding hydrogens is 332 g/mol. The van der Waals surface area contributed by atoms with Gasteiger partial charge in [-0.2, -0.15) is 0 Å². The van der Waals surface area contributed by atoms with Crippen molar-refractivity contribution in [1.82, 2.24) is 19.7 Å². The number of hydrogen-bond donors (Lipinski definition) is 0. The minimum Gasteiger partial charge on any atom is -0.343 e. The molecule has 1 heterocycles. The van der Waals surface area contributed by atoms with Crippen molar-refractivity contribution in [2.45, 2.75) is 45.2 Å².